The number of carbonyl (C=O) groups excluding carboxylic acids is 1. The molecule has 23 heavy (non-hydrogen) atoms. The molecule has 1 aromatic rings. The van der Waals surface area contributed by atoms with E-state index in [1.54, 1.807) is 14.2 Å². The van der Waals surface area contributed by atoms with Crippen LogP contribution in [-0.2, 0) is 25.4 Å². The van der Waals surface area contributed by atoms with Crippen LogP contribution in [0, 0.1) is 11.7 Å². The number of hydrogen-bond donors (Lipinski definition) is 1. The van der Waals surface area contributed by atoms with Crippen LogP contribution in [0.25, 0.3) is 0 Å². The predicted octanol–water partition coefficient (Wildman–Crippen LogP) is 1.81. The molecule has 0 spiro atoms. The highest BCUT2D eigenvalue weighted by Crippen LogP contribution is 2.20. The van der Waals surface area contributed by atoms with E-state index in [2.05, 4.69) is 5.32 Å². The SMILES string of the molecule is CO[C@H]1[C@H](CNC(=O)Cc2ccc(F)cc2Cl)COC[C@H]1OC. The smallest absolute Gasteiger partial charge is 0.224 e. The summed E-state index contributed by atoms with van der Waals surface area (Å²) >= 11 is 5.93. The lowest BCUT2D eigenvalue weighted by Gasteiger charge is -2.36. The van der Waals surface area contributed by atoms with Gasteiger partial charge in [0, 0.05) is 31.7 Å². The quantitative estimate of drug-likeness (QED) is 0.854. The molecular weight excluding hydrogens is 325 g/mol. The standard InChI is InChI=1S/C16H21ClFNO4/c1-21-14-9-23-8-11(16(14)22-2)7-19-15(20)5-10-3-4-12(18)6-13(10)17/h3-4,6,11,14,16H,5,7-9H2,1-2H3,(H,19,20)/t11-,14-,16+/m1/s1. The molecule has 3 atom stereocenters. The molecule has 1 aromatic carbocycles. The molecule has 2 rings (SSSR count). The first-order valence-electron chi connectivity index (χ1n) is 7.39. The summed E-state index contributed by atoms with van der Waals surface area (Å²) < 4.78 is 29.3. The lowest BCUT2D eigenvalue weighted by molar-refractivity contribution is -0.147. The molecule has 1 amide bonds. The maximum Gasteiger partial charge on any atom is 0.224 e. The van der Waals surface area contributed by atoms with Gasteiger partial charge in [-0.15, -0.1) is 0 Å². The Bertz CT molecular complexity index is 543. The Morgan fingerprint density at radius 1 is 1.39 bits per heavy atom. The monoisotopic (exact) mass is 345 g/mol. The molecule has 0 radical (unpaired) electrons. The normalized spacial score (nSPS) is 24.4. The van der Waals surface area contributed by atoms with Crippen LogP contribution in [-0.4, -0.2) is 52.1 Å². The van der Waals surface area contributed by atoms with Gasteiger partial charge in [-0.25, -0.2) is 4.39 Å². The minimum absolute atomic E-state index is 0.00587. The summed E-state index contributed by atoms with van der Waals surface area (Å²) in [5.41, 5.74) is 0.587. The maximum absolute atomic E-state index is 13.0. The van der Waals surface area contributed by atoms with Crippen LogP contribution in [0.5, 0.6) is 0 Å². The second-order valence-corrected chi connectivity index (χ2v) is 5.90. The zero-order valence-electron chi connectivity index (χ0n) is 13.2. The Balaban J connectivity index is 1.88. The number of benzene rings is 1. The molecule has 0 aromatic heterocycles. The minimum Gasteiger partial charge on any atom is -0.378 e. The van der Waals surface area contributed by atoms with Gasteiger partial charge in [-0.1, -0.05) is 17.7 Å². The van der Waals surface area contributed by atoms with E-state index in [0.29, 0.717) is 25.3 Å². The predicted molar refractivity (Wildman–Crippen MR) is 84.0 cm³/mol. The molecular formula is C16H21ClFNO4. The van der Waals surface area contributed by atoms with Gasteiger partial charge in [0.2, 0.25) is 5.91 Å². The number of halogens is 2. The van der Waals surface area contributed by atoms with E-state index in [1.807, 2.05) is 0 Å². The van der Waals surface area contributed by atoms with Crippen LogP contribution in [0.3, 0.4) is 0 Å². The highest BCUT2D eigenvalue weighted by atomic mass is 35.5. The second-order valence-electron chi connectivity index (χ2n) is 5.49. The second kappa shape index (κ2) is 8.59. The van der Waals surface area contributed by atoms with Gasteiger partial charge in [0.15, 0.2) is 0 Å². The highest BCUT2D eigenvalue weighted by Gasteiger charge is 2.34. The average molecular weight is 346 g/mol. The Kier molecular flexibility index (Phi) is 6.77. The molecule has 128 valence electrons. The Labute approximate surface area is 140 Å². The maximum atomic E-state index is 13.0. The third kappa shape index (κ3) is 4.88. The van der Waals surface area contributed by atoms with Crippen molar-refractivity contribution in [3.63, 3.8) is 0 Å². The van der Waals surface area contributed by atoms with Gasteiger partial charge in [0.1, 0.15) is 11.9 Å². The van der Waals surface area contributed by atoms with Crippen LogP contribution >= 0.6 is 11.6 Å². The molecule has 7 heteroatoms. The van der Waals surface area contributed by atoms with Gasteiger partial charge in [0.25, 0.3) is 0 Å². The van der Waals surface area contributed by atoms with E-state index in [0.717, 1.165) is 0 Å². The first kappa shape index (κ1) is 18.1. The van der Waals surface area contributed by atoms with E-state index in [-0.39, 0.29) is 35.5 Å². The molecule has 1 heterocycles. The molecule has 1 saturated heterocycles. The number of rotatable bonds is 6. The van der Waals surface area contributed by atoms with E-state index < -0.39 is 5.82 Å². The zero-order valence-corrected chi connectivity index (χ0v) is 13.9. The average Bonchev–Trinajstić information content (AvgIpc) is 2.55. The molecule has 0 aliphatic carbocycles. The van der Waals surface area contributed by atoms with Crippen molar-refractivity contribution in [3.8, 4) is 0 Å². The molecule has 0 unspecified atom stereocenters. The van der Waals surface area contributed by atoms with Crippen LogP contribution in [0.2, 0.25) is 5.02 Å². The molecule has 1 N–H and O–H groups in total. The van der Waals surface area contributed by atoms with Gasteiger partial charge < -0.3 is 19.5 Å². The number of hydrogen-bond acceptors (Lipinski definition) is 4. The molecule has 0 saturated carbocycles. The van der Waals surface area contributed by atoms with E-state index in [4.69, 9.17) is 25.8 Å². The summed E-state index contributed by atoms with van der Waals surface area (Å²) in [7, 11) is 3.23. The fourth-order valence-electron chi connectivity index (χ4n) is 2.70. The Morgan fingerprint density at radius 2 is 2.17 bits per heavy atom. The summed E-state index contributed by atoms with van der Waals surface area (Å²) in [6.45, 7) is 1.39. The van der Waals surface area contributed by atoms with Crippen molar-refractivity contribution in [1.29, 1.82) is 0 Å². The summed E-state index contributed by atoms with van der Waals surface area (Å²) in [5.74, 6) is -0.605. The van der Waals surface area contributed by atoms with Crippen LogP contribution in [0.15, 0.2) is 18.2 Å². The number of ether oxygens (including phenoxy) is 3. The van der Waals surface area contributed by atoms with Gasteiger partial charge in [0.05, 0.1) is 25.7 Å². The molecule has 1 aliphatic heterocycles. The van der Waals surface area contributed by atoms with Crippen molar-refractivity contribution in [2.75, 3.05) is 34.0 Å². The summed E-state index contributed by atoms with van der Waals surface area (Å²) in [6.07, 6.45) is -0.191. The van der Waals surface area contributed by atoms with Gasteiger partial charge in [-0.2, -0.15) is 0 Å². The number of methoxy groups -OCH3 is 2. The molecule has 5 nitrogen and oxygen atoms in total. The Hall–Kier alpha value is -1.21. The zero-order chi connectivity index (χ0) is 16.8. The van der Waals surface area contributed by atoms with Crippen molar-refractivity contribution in [2.45, 2.75) is 18.6 Å². The van der Waals surface area contributed by atoms with E-state index in [9.17, 15) is 9.18 Å². The van der Waals surface area contributed by atoms with Crippen LogP contribution < -0.4 is 5.32 Å². The molecule has 1 fully saturated rings. The topological polar surface area (TPSA) is 56.8 Å². The first-order chi connectivity index (χ1) is 11.0. The third-order valence-electron chi connectivity index (χ3n) is 3.95. The van der Waals surface area contributed by atoms with Gasteiger partial charge in [-0.3, -0.25) is 4.79 Å². The summed E-state index contributed by atoms with van der Waals surface area (Å²) in [6, 6.07) is 4.00. The third-order valence-corrected chi connectivity index (χ3v) is 4.30. The summed E-state index contributed by atoms with van der Waals surface area (Å²) in [5, 5.41) is 3.09. The fourth-order valence-corrected chi connectivity index (χ4v) is 2.93. The molecule has 1 aliphatic rings. The fraction of sp³-hybridized carbons (Fsp3) is 0.562. The van der Waals surface area contributed by atoms with Crippen molar-refractivity contribution < 1.29 is 23.4 Å². The van der Waals surface area contributed by atoms with E-state index >= 15 is 0 Å². The lowest BCUT2D eigenvalue weighted by Crippen LogP contribution is -2.50. The van der Waals surface area contributed by atoms with Gasteiger partial charge in [-0.05, 0) is 17.7 Å². The Morgan fingerprint density at radius 3 is 2.83 bits per heavy atom. The van der Waals surface area contributed by atoms with E-state index in [1.165, 1.54) is 18.2 Å². The van der Waals surface area contributed by atoms with Crippen LogP contribution in [0.1, 0.15) is 5.56 Å². The number of carbonyl (C=O) groups is 1. The molecule has 0 bridgehead atoms. The summed E-state index contributed by atoms with van der Waals surface area (Å²) in [4.78, 5) is 12.1. The van der Waals surface area contributed by atoms with Crippen molar-refractivity contribution in [2.24, 2.45) is 5.92 Å². The number of amides is 1. The highest BCUT2D eigenvalue weighted by molar-refractivity contribution is 6.31. The van der Waals surface area contributed by atoms with Crippen LogP contribution in [0.4, 0.5) is 4.39 Å². The lowest BCUT2D eigenvalue weighted by atomic mass is 9.96. The first-order valence-corrected chi connectivity index (χ1v) is 7.77. The van der Waals surface area contributed by atoms with Crippen molar-refractivity contribution in [3.05, 3.63) is 34.6 Å². The number of nitrogens with one attached hydrogen (secondary N) is 1. The van der Waals surface area contributed by atoms with Gasteiger partial charge >= 0.3 is 0 Å². The largest absolute Gasteiger partial charge is 0.378 e. The minimum atomic E-state index is -0.424. The van der Waals surface area contributed by atoms with Crippen molar-refractivity contribution in [1.82, 2.24) is 5.32 Å². The van der Waals surface area contributed by atoms with Crippen molar-refractivity contribution >= 4 is 17.5 Å².